The molecule has 31 heavy (non-hydrogen) atoms. The molecule has 1 aromatic rings. The van der Waals surface area contributed by atoms with Crippen LogP contribution < -0.4 is 10.6 Å². The molecule has 0 bridgehead atoms. The van der Waals surface area contributed by atoms with Crippen molar-refractivity contribution in [1.29, 1.82) is 0 Å². The summed E-state index contributed by atoms with van der Waals surface area (Å²) >= 11 is 0. The van der Waals surface area contributed by atoms with Crippen LogP contribution in [0.3, 0.4) is 0 Å². The minimum absolute atomic E-state index is 0.273. The van der Waals surface area contributed by atoms with Gasteiger partial charge in [-0.2, -0.15) is 13.2 Å². The van der Waals surface area contributed by atoms with Gasteiger partial charge in [0.25, 0.3) is 0 Å². The van der Waals surface area contributed by atoms with Gasteiger partial charge in [-0.1, -0.05) is 19.1 Å². The lowest BCUT2D eigenvalue weighted by molar-refractivity contribution is -0.137. The van der Waals surface area contributed by atoms with Crippen LogP contribution in [0.2, 0.25) is 0 Å². The van der Waals surface area contributed by atoms with Crippen LogP contribution in [0.25, 0.3) is 0 Å². The summed E-state index contributed by atoms with van der Waals surface area (Å²) in [6.07, 6.45) is -3.31. The Morgan fingerprint density at radius 1 is 1.16 bits per heavy atom. The summed E-state index contributed by atoms with van der Waals surface area (Å²) in [4.78, 5) is 9.04. The molecular formula is C22H34F3N5O. The molecule has 9 heteroatoms. The number of alkyl halides is 3. The first kappa shape index (κ1) is 23.8. The van der Waals surface area contributed by atoms with Crippen LogP contribution in [0.4, 0.5) is 13.2 Å². The van der Waals surface area contributed by atoms with Gasteiger partial charge < -0.3 is 15.4 Å². The third-order valence-electron chi connectivity index (χ3n) is 5.82. The fourth-order valence-corrected chi connectivity index (χ4v) is 4.10. The van der Waals surface area contributed by atoms with Gasteiger partial charge >= 0.3 is 6.18 Å². The minimum Gasteiger partial charge on any atom is -0.379 e. The van der Waals surface area contributed by atoms with Crippen molar-refractivity contribution in [1.82, 2.24) is 20.4 Å². The molecule has 0 amide bonds. The van der Waals surface area contributed by atoms with Crippen molar-refractivity contribution < 1.29 is 17.9 Å². The number of benzene rings is 1. The zero-order chi connectivity index (χ0) is 22.3. The van der Waals surface area contributed by atoms with Gasteiger partial charge in [0.05, 0.1) is 18.8 Å². The van der Waals surface area contributed by atoms with E-state index < -0.39 is 11.7 Å². The van der Waals surface area contributed by atoms with E-state index in [1.165, 1.54) is 0 Å². The van der Waals surface area contributed by atoms with Crippen LogP contribution in [-0.2, 0) is 17.5 Å². The van der Waals surface area contributed by atoms with Crippen molar-refractivity contribution in [2.45, 2.75) is 32.1 Å². The highest BCUT2D eigenvalue weighted by molar-refractivity contribution is 5.80. The average Bonchev–Trinajstić information content (AvgIpc) is 3.18. The molecule has 2 saturated heterocycles. The molecule has 2 atom stereocenters. The molecule has 6 nitrogen and oxygen atoms in total. The van der Waals surface area contributed by atoms with E-state index in [0.717, 1.165) is 82.6 Å². The van der Waals surface area contributed by atoms with E-state index in [4.69, 9.17) is 4.74 Å². The number of rotatable bonds is 7. The van der Waals surface area contributed by atoms with Crippen molar-refractivity contribution in [2.75, 3.05) is 59.5 Å². The lowest BCUT2D eigenvalue weighted by Gasteiger charge is -2.29. The predicted molar refractivity (Wildman–Crippen MR) is 116 cm³/mol. The number of hydrogen-bond donors (Lipinski definition) is 2. The molecule has 2 N–H and O–H groups in total. The van der Waals surface area contributed by atoms with Gasteiger partial charge in [-0.15, -0.1) is 0 Å². The molecule has 0 radical (unpaired) electrons. The molecule has 2 aliphatic heterocycles. The highest BCUT2D eigenvalue weighted by Gasteiger charge is 2.30. The van der Waals surface area contributed by atoms with Crippen molar-refractivity contribution in [3.8, 4) is 0 Å². The van der Waals surface area contributed by atoms with E-state index in [1.807, 2.05) is 0 Å². The Morgan fingerprint density at radius 3 is 2.52 bits per heavy atom. The predicted octanol–water partition coefficient (Wildman–Crippen LogP) is 2.41. The summed E-state index contributed by atoms with van der Waals surface area (Å²) in [6.45, 7) is 10.1. The number of nitrogens with one attached hydrogen (secondary N) is 2. The Kier molecular flexibility index (Phi) is 8.57. The molecule has 174 valence electrons. The molecule has 0 aromatic heterocycles. The Balaban J connectivity index is 1.39. The summed E-state index contributed by atoms with van der Waals surface area (Å²) < 4.78 is 43.6. The number of morpholine rings is 1. The lowest BCUT2D eigenvalue weighted by Crippen LogP contribution is -2.47. The maximum Gasteiger partial charge on any atom is 0.416 e. The summed E-state index contributed by atoms with van der Waals surface area (Å²) in [7, 11) is 1.77. The number of halogens is 3. The summed E-state index contributed by atoms with van der Waals surface area (Å²) in [5, 5.41) is 6.91. The second kappa shape index (κ2) is 11.2. The third-order valence-corrected chi connectivity index (χ3v) is 5.82. The Labute approximate surface area is 182 Å². The van der Waals surface area contributed by atoms with Crippen LogP contribution in [0.15, 0.2) is 29.3 Å². The average molecular weight is 442 g/mol. The standard InChI is InChI=1S/C22H34F3N5O/c1-17(14-29-9-11-31-12-10-29)13-27-21(26-2)28-20-7-8-30(16-20)15-18-3-5-19(6-4-18)22(23,24)25/h3-6,17,20H,7-16H2,1-2H3,(H2,26,27,28). The topological polar surface area (TPSA) is 52.1 Å². The SMILES string of the molecule is CN=C(NCC(C)CN1CCOCC1)NC1CCN(Cc2ccc(C(F)(F)F)cc2)C1. The molecule has 2 fully saturated rings. The van der Waals surface area contributed by atoms with Gasteiger partial charge in [0, 0.05) is 58.9 Å². The quantitative estimate of drug-likeness (QED) is 0.503. The monoisotopic (exact) mass is 441 g/mol. The van der Waals surface area contributed by atoms with E-state index >= 15 is 0 Å². The van der Waals surface area contributed by atoms with Crippen molar-refractivity contribution >= 4 is 5.96 Å². The number of hydrogen-bond acceptors (Lipinski definition) is 4. The van der Waals surface area contributed by atoms with Crippen LogP contribution in [0.5, 0.6) is 0 Å². The van der Waals surface area contributed by atoms with Crippen molar-refractivity contribution in [3.63, 3.8) is 0 Å². The largest absolute Gasteiger partial charge is 0.416 e. The molecule has 2 heterocycles. The summed E-state index contributed by atoms with van der Waals surface area (Å²) in [5.74, 6) is 1.30. The maximum absolute atomic E-state index is 12.7. The van der Waals surface area contributed by atoms with Crippen molar-refractivity contribution in [3.05, 3.63) is 35.4 Å². The van der Waals surface area contributed by atoms with Gasteiger partial charge in [0.2, 0.25) is 0 Å². The van der Waals surface area contributed by atoms with E-state index in [1.54, 1.807) is 19.2 Å². The van der Waals surface area contributed by atoms with E-state index in [0.29, 0.717) is 12.5 Å². The van der Waals surface area contributed by atoms with Gasteiger partial charge in [-0.25, -0.2) is 0 Å². The number of aliphatic imine (C=N–C) groups is 1. The van der Waals surface area contributed by atoms with Crippen LogP contribution in [-0.4, -0.2) is 81.3 Å². The van der Waals surface area contributed by atoms with E-state index in [-0.39, 0.29) is 6.04 Å². The van der Waals surface area contributed by atoms with Crippen LogP contribution in [0, 0.1) is 5.92 Å². The Hall–Kier alpha value is -1.84. The fourth-order valence-electron chi connectivity index (χ4n) is 4.10. The van der Waals surface area contributed by atoms with Crippen molar-refractivity contribution in [2.24, 2.45) is 10.9 Å². The van der Waals surface area contributed by atoms with Gasteiger partial charge in [-0.05, 0) is 30.0 Å². The molecule has 2 unspecified atom stereocenters. The Bertz CT molecular complexity index is 704. The van der Waals surface area contributed by atoms with Crippen LogP contribution >= 0.6 is 0 Å². The number of ether oxygens (including phenoxy) is 1. The van der Waals surface area contributed by atoms with E-state index in [9.17, 15) is 13.2 Å². The molecule has 1 aromatic carbocycles. The van der Waals surface area contributed by atoms with Crippen LogP contribution in [0.1, 0.15) is 24.5 Å². The second-order valence-electron chi connectivity index (χ2n) is 8.53. The Morgan fingerprint density at radius 2 is 1.87 bits per heavy atom. The molecule has 0 saturated carbocycles. The zero-order valence-corrected chi connectivity index (χ0v) is 18.4. The fraction of sp³-hybridized carbons (Fsp3) is 0.682. The molecule has 2 aliphatic rings. The normalized spacial score (nSPS) is 22.5. The molecule has 3 rings (SSSR count). The first-order chi connectivity index (χ1) is 14.8. The summed E-state index contributed by atoms with van der Waals surface area (Å²) in [6, 6.07) is 5.73. The number of guanidine groups is 1. The van der Waals surface area contributed by atoms with E-state index in [2.05, 4.69) is 32.3 Å². The second-order valence-corrected chi connectivity index (χ2v) is 8.53. The molecular weight excluding hydrogens is 407 g/mol. The van der Waals surface area contributed by atoms with Gasteiger partial charge in [0.1, 0.15) is 0 Å². The zero-order valence-electron chi connectivity index (χ0n) is 18.4. The number of nitrogens with zero attached hydrogens (tertiary/aromatic N) is 3. The first-order valence-electron chi connectivity index (χ1n) is 11.0. The highest BCUT2D eigenvalue weighted by atomic mass is 19.4. The number of likely N-dealkylation sites (tertiary alicyclic amines) is 1. The maximum atomic E-state index is 12.7. The minimum atomic E-state index is -4.29. The molecule has 0 spiro atoms. The third kappa shape index (κ3) is 7.66. The van der Waals surface area contributed by atoms with Gasteiger partial charge in [-0.3, -0.25) is 14.8 Å². The lowest BCUT2D eigenvalue weighted by atomic mass is 10.1. The summed E-state index contributed by atoms with van der Waals surface area (Å²) in [5.41, 5.74) is 0.294. The molecule has 0 aliphatic carbocycles. The highest BCUT2D eigenvalue weighted by Crippen LogP contribution is 2.29. The smallest absolute Gasteiger partial charge is 0.379 e. The first-order valence-corrected chi connectivity index (χ1v) is 11.0. The van der Waals surface area contributed by atoms with Gasteiger partial charge in [0.15, 0.2) is 5.96 Å².